The molecule has 1 fully saturated rings. The van der Waals surface area contributed by atoms with E-state index in [1.807, 2.05) is 30.3 Å². The van der Waals surface area contributed by atoms with E-state index in [1.54, 1.807) is 7.11 Å². The second-order valence-corrected chi connectivity index (χ2v) is 8.45. The van der Waals surface area contributed by atoms with E-state index in [4.69, 9.17) is 16.3 Å². The summed E-state index contributed by atoms with van der Waals surface area (Å²) in [4.78, 5) is 2.18. The number of rotatable bonds is 6. The molecule has 0 amide bonds. The van der Waals surface area contributed by atoms with E-state index in [1.165, 1.54) is 0 Å². The number of hydrogen-bond donors (Lipinski definition) is 1. The Bertz CT molecular complexity index is 764. The number of ether oxygens (including phenoxy) is 1. The second kappa shape index (κ2) is 8.64. The Morgan fingerprint density at radius 1 is 1.15 bits per heavy atom. The van der Waals surface area contributed by atoms with Crippen LogP contribution in [0.3, 0.4) is 0 Å². The molecule has 3 atom stereocenters. The SMILES string of the molecule is COc1cccc(C2CCCC(CN(C)C)C2(O)Cc2cccc(Cl)c2)c1. The van der Waals surface area contributed by atoms with Crippen LogP contribution < -0.4 is 4.74 Å². The van der Waals surface area contributed by atoms with Gasteiger partial charge in [-0.15, -0.1) is 0 Å². The third-order valence-corrected chi connectivity index (χ3v) is 6.05. The van der Waals surface area contributed by atoms with Crippen molar-refractivity contribution < 1.29 is 9.84 Å². The fourth-order valence-corrected chi connectivity index (χ4v) is 4.81. The second-order valence-electron chi connectivity index (χ2n) is 8.02. The maximum Gasteiger partial charge on any atom is 0.119 e. The number of hydrogen-bond acceptors (Lipinski definition) is 3. The lowest BCUT2D eigenvalue weighted by molar-refractivity contribution is -0.0733. The zero-order valence-corrected chi connectivity index (χ0v) is 17.2. The summed E-state index contributed by atoms with van der Waals surface area (Å²) >= 11 is 6.22. The minimum Gasteiger partial charge on any atom is -0.497 e. The summed E-state index contributed by atoms with van der Waals surface area (Å²) in [6.07, 6.45) is 3.75. The van der Waals surface area contributed by atoms with Crippen LogP contribution in [0.1, 0.15) is 36.3 Å². The maximum absolute atomic E-state index is 12.1. The van der Waals surface area contributed by atoms with Gasteiger partial charge in [-0.1, -0.05) is 42.3 Å². The van der Waals surface area contributed by atoms with Crippen LogP contribution in [0, 0.1) is 5.92 Å². The molecular weight excluding hydrogens is 358 g/mol. The van der Waals surface area contributed by atoms with Crippen molar-refractivity contribution in [3.05, 3.63) is 64.7 Å². The van der Waals surface area contributed by atoms with E-state index >= 15 is 0 Å². The average Bonchev–Trinajstić information content (AvgIpc) is 2.63. The first-order chi connectivity index (χ1) is 12.9. The van der Waals surface area contributed by atoms with Gasteiger partial charge in [-0.05, 0) is 62.3 Å². The van der Waals surface area contributed by atoms with E-state index < -0.39 is 5.60 Å². The molecule has 3 unspecified atom stereocenters. The molecule has 4 heteroatoms. The van der Waals surface area contributed by atoms with Gasteiger partial charge in [-0.25, -0.2) is 0 Å². The van der Waals surface area contributed by atoms with Gasteiger partial charge in [-0.3, -0.25) is 0 Å². The Hall–Kier alpha value is -1.55. The highest BCUT2D eigenvalue weighted by atomic mass is 35.5. The van der Waals surface area contributed by atoms with Gasteiger partial charge in [0.25, 0.3) is 0 Å². The van der Waals surface area contributed by atoms with Gasteiger partial charge in [0.2, 0.25) is 0 Å². The standard InChI is InChI=1S/C23H30ClNO2/c1-25(2)16-19-9-6-12-22(18-8-5-11-21(14-18)27-3)23(19,26)15-17-7-4-10-20(24)13-17/h4-5,7-8,10-11,13-14,19,22,26H,6,9,12,15-16H2,1-3H3. The Labute approximate surface area is 167 Å². The van der Waals surface area contributed by atoms with Crippen molar-refractivity contribution in [2.45, 2.75) is 37.2 Å². The molecule has 27 heavy (non-hydrogen) atoms. The zero-order chi connectivity index (χ0) is 19.4. The van der Waals surface area contributed by atoms with Crippen LogP contribution in [-0.2, 0) is 6.42 Å². The van der Waals surface area contributed by atoms with Gasteiger partial charge in [0.05, 0.1) is 12.7 Å². The number of aliphatic hydroxyl groups is 1. The molecule has 3 rings (SSSR count). The van der Waals surface area contributed by atoms with Crippen molar-refractivity contribution in [1.82, 2.24) is 4.90 Å². The minimum atomic E-state index is -0.820. The van der Waals surface area contributed by atoms with Gasteiger partial charge in [0, 0.05) is 29.8 Å². The van der Waals surface area contributed by atoms with Crippen LogP contribution in [-0.4, -0.2) is 43.4 Å². The molecule has 0 radical (unpaired) electrons. The van der Waals surface area contributed by atoms with Crippen molar-refractivity contribution in [2.24, 2.45) is 5.92 Å². The Morgan fingerprint density at radius 2 is 1.93 bits per heavy atom. The molecule has 1 saturated carbocycles. The molecule has 1 aliphatic carbocycles. The van der Waals surface area contributed by atoms with Crippen LogP contribution in [0.25, 0.3) is 0 Å². The lowest BCUT2D eigenvalue weighted by atomic mass is 9.63. The predicted molar refractivity (Wildman–Crippen MR) is 112 cm³/mol. The fourth-order valence-electron chi connectivity index (χ4n) is 4.60. The molecule has 0 spiro atoms. The van der Waals surface area contributed by atoms with Crippen LogP contribution in [0.2, 0.25) is 5.02 Å². The normalized spacial score (nSPS) is 25.6. The number of nitrogens with zero attached hydrogens (tertiary/aromatic N) is 1. The summed E-state index contributed by atoms with van der Waals surface area (Å²) in [6.45, 7) is 0.873. The zero-order valence-electron chi connectivity index (χ0n) is 16.5. The lowest BCUT2D eigenvalue weighted by Crippen LogP contribution is -2.51. The first-order valence-corrected chi connectivity index (χ1v) is 10.1. The molecular formula is C23H30ClNO2. The van der Waals surface area contributed by atoms with Gasteiger partial charge >= 0.3 is 0 Å². The van der Waals surface area contributed by atoms with Gasteiger partial charge < -0.3 is 14.7 Å². The molecule has 0 heterocycles. The minimum absolute atomic E-state index is 0.0743. The molecule has 2 aromatic rings. The summed E-state index contributed by atoms with van der Waals surface area (Å²) in [6, 6.07) is 16.1. The van der Waals surface area contributed by atoms with Crippen LogP contribution >= 0.6 is 11.6 Å². The molecule has 3 nitrogen and oxygen atoms in total. The summed E-state index contributed by atoms with van der Waals surface area (Å²) in [5.74, 6) is 1.12. The first-order valence-electron chi connectivity index (χ1n) is 9.68. The molecule has 0 bridgehead atoms. The van der Waals surface area contributed by atoms with Crippen molar-refractivity contribution >= 4 is 11.6 Å². The lowest BCUT2D eigenvalue weighted by Gasteiger charge is -2.47. The Morgan fingerprint density at radius 3 is 2.63 bits per heavy atom. The van der Waals surface area contributed by atoms with E-state index in [0.29, 0.717) is 11.4 Å². The first kappa shape index (κ1) is 20.2. The van der Waals surface area contributed by atoms with Crippen LogP contribution in [0.15, 0.2) is 48.5 Å². The summed E-state index contributed by atoms with van der Waals surface area (Å²) < 4.78 is 5.43. The topological polar surface area (TPSA) is 32.7 Å². The van der Waals surface area contributed by atoms with E-state index in [9.17, 15) is 5.11 Å². The van der Waals surface area contributed by atoms with Crippen molar-refractivity contribution in [3.8, 4) is 5.75 Å². The highest BCUT2D eigenvalue weighted by Gasteiger charge is 2.47. The molecule has 2 aromatic carbocycles. The molecule has 1 aliphatic rings. The van der Waals surface area contributed by atoms with Crippen LogP contribution in [0.4, 0.5) is 0 Å². The van der Waals surface area contributed by atoms with Gasteiger partial charge in [-0.2, -0.15) is 0 Å². The van der Waals surface area contributed by atoms with Crippen LogP contribution in [0.5, 0.6) is 5.75 Å². The number of halogens is 1. The Balaban J connectivity index is 2.00. The molecule has 0 aromatic heterocycles. The maximum atomic E-state index is 12.1. The quantitative estimate of drug-likeness (QED) is 0.775. The predicted octanol–water partition coefficient (Wildman–Crippen LogP) is 4.77. The van der Waals surface area contributed by atoms with Crippen molar-refractivity contribution in [1.29, 1.82) is 0 Å². The fraction of sp³-hybridized carbons (Fsp3) is 0.478. The monoisotopic (exact) mass is 387 g/mol. The third-order valence-electron chi connectivity index (χ3n) is 5.81. The summed E-state index contributed by atoms with van der Waals surface area (Å²) in [7, 11) is 5.84. The highest BCUT2D eigenvalue weighted by molar-refractivity contribution is 6.30. The van der Waals surface area contributed by atoms with Gasteiger partial charge in [0.15, 0.2) is 0 Å². The molecule has 146 valence electrons. The van der Waals surface area contributed by atoms with Gasteiger partial charge in [0.1, 0.15) is 5.75 Å². The summed E-state index contributed by atoms with van der Waals surface area (Å²) in [5, 5.41) is 12.8. The molecule has 0 saturated heterocycles. The number of methoxy groups -OCH3 is 1. The smallest absolute Gasteiger partial charge is 0.119 e. The largest absolute Gasteiger partial charge is 0.497 e. The Kier molecular flexibility index (Phi) is 6.46. The van der Waals surface area contributed by atoms with Crippen molar-refractivity contribution in [2.75, 3.05) is 27.7 Å². The number of benzene rings is 2. The van der Waals surface area contributed by atoms with E-state index in [-0.39, 0.29) is 11.8 Å². The molecule has 0 aliphatic heterocycles. The highest BCUT2D eigenvalue weighted by Crippen LogP contribution is 2.47. The van der Waals surface area contributed by atoms with E-state index in [0.717, 1.165) is 42.7 Å². The third kappa shape index (κ3) is 4.66. The van der Waals surface area contributed by atoms with E-state index in [2.05, 4.69) is 37.2 Å². The van der Waals surface area contributed by atoms with Crippen molar-refractivity contribution in [3.63, 3.8) is 0 Å². The molecule has 1 N–H and O–H groups in total. The average molecular weight is 388 g/mol. The summed E-state index contributed by atoms with van der Waals surface area (Å²) in [5.41, 5.74) is 1.42.